The molecule has 0 aliphatic carbocycles. The average molecular weight is 279 g/mol. The summed E-state index contributed by atoms with van der Waals surface area (Å²) in [6.07, 6.45) is 2.33. The topological polar surface area (TPSA) is 87.8 Å². The Morgan fingerprint density at radius 2 is 2.15 bits per heavy atom. The Balaban J connectivity index is 2.42. The standard InChI is InChI=1S/C14H21N3O3/c1-17(15)10-13(7-8-20-11-14(18)19)16-9-12-5-3-2-4-6-12/h2-6,10,16H,7-9,11,15H2,1H3,(H,18,19)/b13-10-. The summed E-state index contributed by atoms with van der Waals surface area (Å²) in [6.45, 7) is 0.720. The van der Waals surface area contributed by atoms with E-state index in [2.05, 4.69) is 5.32 Å². The fourth-order valence-electron chi connectivity index (χ4n) is 1.60. The van der Waals surface area contributed by atoms with Gasteiger partial charge in [0.05, 0.1) is 6.61 Å². The molecule has 0 aromatic heterocycles. The highest BCUT2D eigenvalue weighted by molar-refractivity contribution is 5.67. The second-order valence-electron chi connectivity index (χ2n) is 4.36. The summed E-state index contributed by atoms with van der Waals surface area (Å²) < 4.78 is 5.02. The maximum absolute atomic E-state index is 10.3. The van der Waals surface area contributed by atoms with Crippen LogP contribution in [0.2, 0.25) is 0 Å². The fraction of sp³-hybridized carbons (Fsp3) is 0.357. The third-order valence-electron chi connectivity index (χ3n) is 2.46. The quantitative estimate of drug-likeness (QED) is 0.354. The normalized spacial score (nSPS) is 11.2. The molecular weight excluding hydrogens is 258 g/mol. The third-order valence-corrected chi connectivity index (χ3v) is 2.46. The highest BCUT2D eigenvalue weighted by atomic mass is 16.5. The van der Waals surface area contributed by atoms with Crippen LogP contribution in [0.5, 0.6) is 0 Å². The summed E-state index contributed by atoms with van der Waals surface area (Å²) in [7, 11) is 1.72. The van der Waals surface area contributed by atoms with E-state index < -0.39 is 5.97 Å². The zero-order chi connectivity index (χ0) is 14.8. The Labute approximate surface area is 118 Å². The van der Waals surface area contributed by atoms with E-state index in [1.54, 1.807) is 13.2 Å². The summed E-state index contributed by atoms with van der Waals surface area (Å²) in [4.78, 5) is 10.3. The number of ether oxygens (including phenoxy) is 1. The molecule has 4 N–H and O–H groups in total. The van der Waals surface area contributed by atoms with Gasteiger partial charge in [-0.3, -0.25) is 0 Å². The number of hydrazine groups is 1. The van der Waals surface area contributed by atoms with Gasteiger partial charge in [-0.05, 0) is 5.56 Å². The number of hydrogen-bond donors (Lipinski definition) is 3. The van der Waals surface area contributed by atoms with E-state index in [4.69, 9.17) is 15.7 Å². The molecule has 6 heteroatoms. The summed E-state index contributed by atoms with van der Waals surface area (Å²) in [5.74, 6) is 4.63. The molecule has 1 aromatic rings. The van der Waals surface area contributed by atoms with Crippen LogP contribution in [0.25, 0.3) is 0 Å². The largest absolute Gasteiger partial charge is 0.480 e. The number of hydrogen-bond acceptors (Lipinski definition) is 5. The summed E-state index contributed by atoms with van der Waals surface area (Å²) in [6, 6.07) is 9.97. The Bertz CT molecular complexity index is 433. The molecule has 0 aliphatic heterocycles. The van der Waals surface area contributed by atoms with Gasteiger partial charge in [0.25, 0.3) is 0 Å². The lowest BCUT2D eigenvalue weighted by Crippen LogP contribution is -2.24. The summed E-state index contributed by atoms with van der Waals surface area (Å²) >= 11 is 0. The van der Waals surface area contributed by atoms with Gasteiger partial charge in [-0.25, -0.2) is 10.6 Å². The van der Waals surface area contributed by atoms with Crippen LogP contribution in [0, 0.1) is 0 Å². The van der Waals surface area contributed by atoms with E-state index in [-0.39, 0.29) is 6.61 Å². The van der Waals surface area contributed by atoms with E-state index in [1.165, 1.54) is 5.01 Å². The molecule has 0 fully saturated rings. The molecule has 0 spiro atoms. The van der Waals surface area contributed by atoms with E-state index in [0.29, 0.717) is 19.6 Å². The van der Waals surface area contributed by atoms with Gasteiger partial charge in [0, 0.05) is 31.9 Å². The Morgan fingerprint density at radius 1 is 1.45 bits per heavy atom. The number of carboxylic acid groups (broad SMARTS) is 1. The van der Waals surface area contributed by atoms with Crippen LogP contribution in [-0.4, -0.2) is 36.3 Å². The highest BCUT2D eigenvalue weighted by Gasteiger charge is 2.01. The number of nitrogens with zero attached hydrogens (tertiary/aromatic N) is 1. The van der Waals surface area contributed by atoms with Crippen LogP contribution in [0.1, 0.15) is 12.0 Å². The zero-order valence-electron chi connectivity index (χ0n) is 11.6. The van der Waals surface area contributed by atoms with Crippen molar-refractivity contribution in [2.24, 2.45) is 5.84 Å². The minimum atomic E-state index is -0.969. The summed E-state index contributed by atoms with van der Waals surface area (Å²) in [5.41, 5.74) is 2.05. The number of benzene rings is 1. The zero-order valence-corrected chi connectivity index (χ0v) is 11.6. The van der Waals surface area contributed by atoms with Crippen LogP contribution in [-0.2, 0) is 16.1 Å². The molecule has 0 unspecified atom stereocenters. The predicted molar refractivity (Wildman–Crippen MR) is 76.4 cm³/mol. The van der Waals surface area contributed by atoms with Crippen LogP contribution in [0.4, 0.5) is 0 Å². The molecule has 0 saturated carbocycles. The second-order valence-corrected chi connectivity index (χ2v) is 4.36. The smallest absolute Gasteiger partial charge is 0.329 e. The first-order chi connectivity index (χ1) is 9.58. The number of carbonyl (C=O) groups is 1. The number of nitrogens with one attached hydrogen (secondary N) is 1. The number of aliphatic carboxylic acids is 1. The van der Waals surface area contributed by atoms with Gasteiger partial charge < -0.3 is 20.2 Å². The van der Waals surface area contributed by atoms with E-state index in [9.17, 15) is 4.79 Å². The molecular formula is C14H21N3O3. The Morgan fingerprint density at radius 3 is 2.75 bits per heavy atom. The molecule has 0 amide bonds. The van der Waals surface area contributed by atoms with Gasteiger partial charge in [0.1, 0.15) is 6.61 Å². The van der Waals surface area contributed by atoms with Crippen molar-refractivity contribution in [1.29, 1.82) is 0 Å². The first kappa shape index (κ1) is 16.0. The first-order valence-electron chi connectivity index (χ1n) is 6.33. The van der Waals surface area contributed by atoms with Gasteiger partial charge in [-0.2, -0.15) is 0 Å². The lowest BCUT2D eigenvalue weighted by Gasteiger charge is -2.14. The maximum atomic E-state index is 10.3. The molecule has 0 bridgehead atoms. The summed E-state index contributed by atoms with van der Waals surface area (Å²) in [5, 5.41) is 13.2. The van der Waals surface area contributed by atoms with Crippen molar-refractivity contribution in [3.63, 3.8) is 0 Å². The Hall–Kier alpha value is -2.05. The van der Waals surface area contributed by atoms with Crippen molar-refractivity contribution in [1.82, 2.24) is 10.3 Å². The lowest BCUT2D eigenvalue weighted by atomic mass is 10.2. The highest BCUT2D eigenvalue weighted by Crippen LogP contribution is 2.03. The molecule has 1 aromatic carbocycles. The monoisotopic (exact) mass is 279 g/mol. The van der Waals surface area contributed by atoms with Crippen molar-refractivity contribution < 1.29 is 14.6 Å². The molecule has 20 heavy (non-hydrogen) atoms. The molecule has 0 aliphatic rings. The molecule has 110 valence electrons. The molecule has 6 nitrogen and oxygen atoms in total. The minimum absolute atomic E-state index is 0.287. The van der Waals surface area contributed by atoms with Crippen LogP contribution in [0.3, 0.4) is 0 Å². The van der Waals surface area contributed by atoms with Crippen molar-refractivity contribution in [3.8, 4) is 0 Å². The van der Waals surface area contributed by atoms with Crippen molar-refractivity contribution >= 4 is 5.97 Å². The van der Waals surface area contributed by atoms with Crippen LogP contribution < -0.4 is 11.2 Å². The first-order valence-corrected chi connectivity index (χ1v) is 6.33. The van der Waals surface area contributed by atoms with Gasteiger partial charge >= 0.3 is 5.97 Å². The second kappa shape index (κ2) is 8.95. The Kier molecular flexibility index (Phi) is 7.16. The molecule has 0 saturated heterocycles. The SMILES string of the molecule is CN(N)/C=C(/CCOCC(=O)O)NCc1ccccc1. The van der Waals surface area contributed by atoms with Gasteiger partial charge in [-0.1, -0.05) is 30.3 Å². The van der Waals surface area contributed by atoms with Gasteiger partial charge in [0.2, 0.25) is 0 Å². The van der Waals surface area contributed by atoms with Gasteiger partial charge in [-0.15, -0.1) is 0 Å². The third kappa shape index (κ3) is 7.40. The fourth-order valence-corrected chi connectivity index (χ4v) is 1.60. The number of rotatable bonds is 9. The van der Waals surface area contributed by atoms with E-state index in [1.807, 2.05) is 30.3 Å². The van der Waals surface area contributed by atoms with E-state index >= 15 is 0 Å². The van der Waals surface area contributed by atoms with Gasteiger partial charge in [0.15, 0.2) is 0 Å². The average Bonchev–Trinajstić information content (AvgIpc) is 2.41. The van der Waals surface area contributed by atoms with Crippen molar-refractivity contribution in [2.75, 3.05) is 20.3 Å². The lowest BCUT2D eigenvalue weighted by molar-refractivity contribution is -0.142. The molecule has 1 rings (SSSR count). The minimum Gasteiger partial charge on any atom is -0.480 e. The maximum Gasteiger partial charge on any atom is 0.329 e. The van der Waals surface area contributed by atoms with Crippen LogP contribution >= 0.6 is 0 Å². The predicted octanol–water partition coefficient (Wildman–Crippen LogP) is 0.914. The molecule has 0 radical (unpaired) electrons. The number of nitrogens with two attached hydrogens (primary N) is 1. The van der Waals surface area contributed by atoms with Crippen molar-refractivity contribution in [3.05, 3.63) is 47.8 Å². The van der Waals surface area contributed by atoms with E-state index in [0.717, 1.165) is 11.3 Å². The number of carboxylic acids is 1. The molecule has 0 atom stereocenters. The van der Waals surface area contributed by atoms with Crippen molar-refractivity contribution in [2.45, 2.75) is 13.0 Å². The molecule has 0 heterocycles. The van der Waals surface area contributed by atoms with Crippen LogP contribution in [0.15, 0.2) is 42.2 Å².